The summed E-state index contributed by atoms with van der Waals surface area (Å²) in [6.07, 6.45) is 2.20. The molecular formula is C7H13ClO. The molecule has 0 radical (unpaired) electrons. The predicted octanol–water partition coefficient (Wildman–Crippen LogP) is 1.94. The SMILES string of the molecule is C=CCC(C)(O)C(C)Cl. The van der Waals surface area contributed by atoms with Gasteiger partial charge in [-0.3, -0.25) is 0 Å². The lowest BCUT2D eigenvalue weighted by Gasteiger charge is -2.23. The standard InChI is InChI=1S/C7H13ClO/c1-4-5-7(3,9)6(2)8/h4,6,9H,1,5H2,2-3H3. The number of hydrogen-bond donors (Lipinski definition) is 1. The first-order valence-corrected chi connectivity index (χ1v) is 3.41. The lowest BCUT2D eigenvalue weighted by Crippen LogP contribution is -2.32. The van der Waals surface area contributed by atoms with Crippen molar-refractivity contribution in [3.8, 4) is 0 Å². The molecular weight excluding hydrogens is 136 g/mol. The van der Waals surface area contributed by atoms with Crippen LogP contribution in [0.2, 0.25) is 0 Å². The molecule has 0 bridgehead atoms. The van der Waals surface area contributed by atoms with Crippen LogP contribution in [-0.2, 0) is 0 Å². The highest BCUT2D eigenvalue weighted by molar-refractivity contribution is 6.21. The van der Waals surface area contributed by atoms with E-state index in [0.717, 1.165) is 0 Å². The largest absolute Gasteiger partial charge is 0.388 e. The summed E-state index contributed by atoms with van der Waals surface area (Å²) in [6, 6.07) is 0. The van der Waals surface area contributed by atoms with E-state index in [1.807, 2.05) is 0 Å². The molecule has 2 atom stereocenters. The zero-order valence-electron chi connectivity index (χ0n) is 5.89. The Morgan fingerprint density at radius 2 is 2.33 bits per heavy atom. The molecule has 9 heavy (non-hydrogen) atoms. The van der Waals surface area contributed by atoms with Crippen LogP contribution in [0.15, 0.2) is 12.7 Å². The van der Waals surface area contributed by atoms with Gasteiger partial charge >= 0.3 is 0 Å². The summed E-state index contributed by atoms with van der Waals surface area (Å²) < 4.78 is 0. The Hall–Kier alpha value is -0.0100. The maximum atomic E-state index is 9.39. The van der Waals surface area contributed by atoms with E-state index in [-0.39, 0.29) is 5.38 Å². The molecule has 2 heteroatoms. The normalized spacial score (nSPS) is 20.4. The first-order valence-electron chi connectivity index (χ1n) is 2.98. The average Bonchev–Trinajstić information content (AvgIpc) is 1.65. The number of aliphatic hydroxyl groups is 1. The van der Waals surface area contributed by atoms with Gasteiger partial charge in [-0.1, -0.05) is 6.08 Å². The predicted molar refractivity (Wildman–Crippen MR) is 40.8 cm³/mol. The number of hydrogen-bond acceptors (Lipinski definition) is 1. The molecule has 0 spiro atoms. The summed E-state index contributed by atoms with van der Waals surface area (Å²) in [7, 11) is 0. The van der Waals surface area contributed by atoms with Gasteiger partial charge in [-0.05, 0) is 20.3 Å². The summed E-state index contributed by atoms with van der Waals surface area (Å²) in [4.78, 5) is 0. The zero-order valence-corrected chi connectivity index (χ0v) is 6.65. The second kappa shape index (κ2) is 3.23. The Bertz CT molecular complexity index is 97.1. The van der Waals surface area contributed by atoms with Crippen molar-refractivity contribution in [1.82, 2.24) is 0 Å². The molecule has 0 saturated heterocycles. The fourth-order valence-corrected chi connectivity index (χ4v) is 0.544. The molecule has 0 rings (SSSR count). The summed E-state index contributed by atoms with van der Waals surface area (Å²) in [5.74, 6) is 0. The fraction of sp³-hybridized carbons (Fsp3) is 0.714. The molecule has 0 heterocycles. The van der Waals surface area contributed by atoms with E-state index < -0.39 is 5.60 Å². The van der Waals surface area contributed by atoms with E-state index in [1.165, 1.54) is 0 Å². The zero-order chi connectivity index (χ0) is 7.49. The van der Waals surface area contributed by atoms with Crippen molar-refractivity contribution in [3.63, 3.8) is 0 Å². The summed E-state index contributed by atoms with van der Waals surface area (Å²) in [5.41, 5.74) is -0.802. The van der Waals surface area contributed by atoms with Crippen molar-refractivity contribution in [2.24, 2.45) is 0 Å². The molecule has 1 nitrogen and oxygen atoms in total. The van der Waals surface area contributed by atoms with Gasteiger partial charge in [0.25, 0.3) is 0 Å². The molecule has 0 aliphatic rings. The van der Waals surface area contributed by atoms with Crippen LogP contribution in [0, 0.1) is 0 Å². The van der Waals surface area contributed by atoms with Gasteiger partial charge in [-0.25, -0.2) is 0 Å². The highest BCUT2D eigenvalue weighted by Crippen LogP contribution is 2.19. The molecule has 0 aromatic heterocycles. The first kappa shape index (κ1) is 8.99. The molecule has 0 aliphatic heterocycles. The van der Waals surface area contributed by atoms with Crippen LogP contribution < -0.4 is 0 Å². The molecule has 0 aromatic carbocycles. The topological polar surface area (TPSA) is 20.2 Å². The molecule has 0 aromatic rings. The fourth-order valence-electron chi connectivity index (χ4n) is 0.455. The monoisotopic (exact) mass is 148 g/mol. The third kappa shape index (κ3) is 2.87. The minimum absolute atomic E-state index is 0.226. The van der Waals surface area contributed by atoms with Crippen molar-refractivity contribution in [2.45, 2.75) is 31.2 Å². The maximum Gasteiger partial charge on any atom is 0.0814 e. The van der Waals surface area contributed by atoms with Gasteiger partial charge in [0.15, 0.2) is 0 Å². The third-order valence-corrected chi connectivity index (χ3v) is 1.88. The lowest BCUT2D eigenvalue weighted by molar-refractivity contribution is 0.0631. The van der Waals surface area contributed by atoms with Gasteiger partial charge in [-0.15, -0.1) is 18.2 Å². The third-order valence-electron chi connectivity index (χ3n) is 1.41. The Balaban J connectivity index is 3.84. The molecule has 2 unspecified atom stereocenters. The summed E-state index contributed by atoms with van der Waals surface area (Å²) in [6.45, 7) is 6.98. The number of rotatable bonds is 3. The Morgan fingerprint density at radius 3 is 2.44 bits per heavy atom. The van der Waals surface area contributed by atoms with E-state index in [2.05, 4.69) is 6.58 Å². The van der Waals surface area contributed by atoms with Gasteiger partial charge in [0.05, 0.1) is 11.0 Å². The minimum atomic E-state index is -0.802. The van der Waals surface area contributed by atoms with Crippen LogP contribution in [0.25, 0.3) is 0 Å². The van der Waals surface area contributed by atoms with Crippen LogP contribution in [0.5, 0.6) is 0 Å². The highest BCUT2D eigenvalue weighted by atomic mass is 35.5. The number of alkyl halides is 1. The Labute approximate surface area is 61.3 Å². The quantitative estimate of drug-likeness (QED) is 0.479. The van der Waals surface area contributed by atoms with E-state index >= 15 is 0 Å². The van der Waals surface area contributed by atoms with Gasteiger partial charge in [0.1, 0.15) is 0 Å². The number of halogens is 1. The van der Waals surface area contributed by atoms with Gasteiger partial charge in [0.2, 0.25) is 0 Å². The van der Waals surface area contributed by atoms with Crippen molar-refractivity contribution < 1.29 is 5.11 Å². The van der Waals surface area contributed by atoms with Crippen molar-refractivity contribution in [2.75, 3.05) is 0 Å². The molecule has 0 saturated carbocycles. The van der Waals surface area contributed by atoms with Crippen LogP contribution in [-0.4, -0.2) is 16.1 Å². The van der Waals surface area contributed by atoms with E-state index in [1.54, 1.807) is 19.9 Å². The Kier molecular flexibility index (Phi) is 3.23. The summed E-state index contributed by atoms with van der Waals surface area (Å²) >= 11 is 5.65. The van der Waals surface area contributed by atoms with Crippen LogP contribution in [0.3, 0.4) is 0 Å². The second-order valence-corrected chi connectivity index (χ2v) is 3.12. The molecule has 0 fully saturated rings. The second-order valence-electron chi connectivity index (χ2n) is 2.47. The Morgan fingerprint density at radius 1 is 1.89 bits per heavy atom. The molecule has 0 amide bonds. The molecule has 1 N–H and O–H groups in total. The van der Waals surface area contributed by atoms with Crippen molar-refractivity contribution in [1.29, 1.82) is 0 Å². The van der Waals surface area contributed by atoms with Gasteiger partial charge in [0, 0.05) is 0 Å². The van der Waals surface area contributed by atoms with E-state index in [4.69, 9.17) is 11.6 Å². The first-order chi connectivity index (χ1) is 4.00. The summed E-state index contributed by atoms with van der Waals surface area (Å²) in [5, 5.41) is 9.16. The average molecular weight is 149 g/mol. The van der Waals surface area contributed by atoms with Crippen molar-refractivity contribution in [3.05, 3.63) is 12.7 Å². The molecule has 54 valence electrons. The van der Waals surface area contributed by atoms with E-state index in [0.29, 0.717) is 6.42 Å². The highest BCUT2D eigenvalue weighted by Gasteiger charge is 2.24. The van der Waals surface area contributed by atoms with Crippen LogP contribution in [0.4, 0.5) is 0 Å². The molecule has 0 aliphatic carbocycles. The van der Waals surface area contributed by atoms with Crippen LogP contribution in [0.1, 0.15) is 20.3 Å². The van der Waals surface area contributed by atoms with Gasteiger partial charge < -0.3 is 5.11 Å². The van der Waals surface area contributed by atoms with Crippen LogP contribution >= 0.6 is 11.6 Å². The smallest absolute Gasteiger partial charge is 0.0814 e. The lowest BCUT2D eigenvalue weighted by atomic mass is 9.99. The maximum absolute atomic E-state index is 9.39. The van der Waals surface area contributed by atoms with Crippen molar-refractivity contribution >= 4 is 11.6 Å². The van der Waals surface area contributed by atoms with E-state index in [9.17, 15) is 5.11 Å². The minimum Gasteiger partial charge on any atom is -0.388 e. The van der Waals surface area contributed by atoms with Gasteiger partial charge in [-0.2, -0.15) is 0 Å².